The summed E-state index contributed by atoms with van der Waals surface area (Å²) in [5.41, 5.74) is 6.34. The highest BCUT2D eigenvalue weighted by Gasteiger charge is 2.55. The number of fused-ring (bicyclic) bond motifs is 8. The highest BCUT2D eigenvalue weighted by molar-refractivity contribution is 7.14. The second-order valence-electron chi connectivity index (χ2n) is 13.4. The van der Waals surface area contributed by atoms with Gasteiger partial charge in [0.2, 0.25) is 0 Å². The molecule has 4 aromatic rings. The Morgan fingerprint density at radius 2 is 1.76 bits per heavy atom. The standard InChI is InChI=1S/C38H41O2Si/c1-38-22-21-30-29-18-16-27(39-2)25-26(29)15-17-31(30)34(38)19-20-37(38)40-23-24-41(28-9-4-3-5-10-28)35-13-7-6-11-32(35)33-12-8-14-36(33)41/h3-14,16,18,25,30-31,34,37H,15,17,19-24H2,1-2H3/q-1/t30-,31-,34+,37+,38+,41-/m1/s1. The van der Waals surface area contributed by atoms with Crippen molar-refractivity contribution in [2.24, 2.45) is 17.3 Å². The first-order valence-corrected chi connectivity index (χ1v) is 18.0. The van der Waals surface area contributed by atoms with Gasteiger partial charge in [-0.1, -0.05) is 77.5 Å². The van der Waals surface area contributed by atoms with Gasteiger partial charge < -0.3 is 9.47 Å². The molecule has 0 N–H and O–H groups in total. The molecule has 0 saturated heterocycles. The summed E-state index contributed by atoms with van der Waals surface area (Å²) < 4.78 is 12.6. The molecule has 0 bridgehead atoms. The van der Waals surface area contributed by atoms with Gasteiger partial charge in [0.1, 0.15) is 5.75 Å². The summed E-state index contributed by atoms with van der Waals surface area (Å²) in [4.78, 5) is 0. The predicted octanol–water partition coefficient (Wildman–Crippen LogP) is 6.81. The van der Waals surface area contributed by atoms with Gasteiger partial charge in [-0.05, 0) is 91.0 Å². The molecule has 4 aliphatic rings. The van der Waals surface area contributed by atoms with E-state index in [0.717, 1.165) is 30.2 Å². The molecule has 2 nitrogen and oxygen atoms in total. The molecule has 1 aliphatic heterocycles. The van der Waals surface area contributed by atoms with Crippen LogP contribution in [0, 0.1) is 17.3 Å². The van der Waals surface area contributed by atoms with Crippen LogP contribution < -0.4 is 20.3 Å². The Morgan fingerprint density at radius 3 is 2.63 bits per heavy atom. The Hall–Kier alpha value is -3.01. The first kappa shape index (κ1) is 25.7. The van der Waals surface area contributed by atoms with Gasteiger partial charge in [0.15, 0.2) is 0 Å². The average Bonchev–Trinajstić information content (AvgIpc) is 3.70. The second kappa shape index (κ2) is 9.78. The molecule has 0 spiro atoms. The molecule has 4 aromatic carbocycles. The highest BCUT2D eigenvalue weighted by atomic mass is 28.3. The molecule has 8 rings (SSSR count). The Morgan fingerprint density at radius 1 is 0.902 bits per heavy atom. The molecule has 2 fully saturated rings. The molecule has 0 unspecified atom stereocenters. The van der Waals surface area contributed by atoms with Gasteiger partial charge in [0.25, 0.3) is 0 Å². The lowest BCUT2D eigenvalue weighted by Crippen LogP contribution is -2.65. The number of ether oxygens (including phenoxy) is 2. The van der Waals surface area contributed by atoms with E-state index >= 15 is 0 Å². The fourth-order valence-electron chi connectivity index (χ4n) is 9.98. The Kier molecular flexibility index (Phi) is 6.12. The third-order valence-electron chi connectivity index (χ3n) is 11.9. The van der Waals surface area contributed by atoms with E-state index in [9.17, 15) is 0 Å². The van der Waals surface area contributed by atoms with Crippen LogP contribution in [0.15, 0.2) is 91.0 Å². The molecule has 41 heavy (non-hydrogen) atoms. The normalized spacial score (nSPS) is 31.1. The monoisotopic (exact) mass is 557 g/mol. The molecule has 6 atom stereocenters. The maximum absolute atomic E-state index is 7.09. The van der Waals surface area contributed by atoms with E-state index < -0.39 is 8.07 Å². The van der Waals surface area contributed by atoms with Crippen LogP contribution >= 0.6 is 0 Å². The van der Waals surface area contributed by atoms with Crippen molar-refractivity contribution in [3.05, 3.63) is 102 Å². The van der Waals surface area contributed by atoms with Crippen LogP contribution in [0.25, 0.3) is 11.1 Å². The summed E-state index contributed by atoms with van der Waals surface area (Å²) in [6, 6.07) is 35.6. The summed E-state index contributed by atoms with van der Waals surface area (Å²) in [6.07, 6.45) is 8.01. The quantitative estimate of drug-likeness (QED) is 0.192. The van der Waals surface area contributed by atoms with Crippen LogP contribution in [0.2, 0.25) is 6.04 Å². The molecule has 210 valence electrons. The van der Waals surface area contributed by atoms with Crippen molar-refractivity contribution in [3.63, 3.8) is 0 Å². The van der Waals surface area contributed by atoms with Crippen molar-refractivity contribution in [1.29, 1.82) is 0 Å². The fourth-order valence-corrected chi connectivity index (χ4v) is 15.0. The van der Waals surface area contributed by atoms with Gasteiger partial charge in [-0.25, -0.2) is 0 Å². The zero-order valence-corrected chi connectivity index (χ0v) is 25.4. The summed E-state index contributed by atoms with van der Waals surface area (Å²) >= 11 is 0. The van der Waals surface area contributed by atoms with E-state index in [1.807, 2.05) is 0 Å². The van der Waals surface area contributed by atoms with Crippen LogP contribution in [0.1, 0.15) is 56.1 Å². The Labute approximate surface area is 246 Å². The zero-order valence-electron chi connectivity index (χ0n) is 24.4. The number of rotatable bonds is 6. The number of hydrogen-bond donors (Lipinski definition) is 0. The lowest BCUT2D eigenvalue weighted by molar-refractivity contribution is -0.0601. The average molecular weight is 558 g/mol. The van der Waals surface area contributed by atoms with Crippen LogP contribution in [0.4, 0.5) is 0 Å². The van der Waals surface area contributed by atoms with E-state index in [1.165, 1.54) is 60.4 Å². The van der Waals surface area contributed by atoms with Crippen LogP contribution in [0.5, 0.6) is 5.75 Å². The lowest BCUT2D eigenvalue weighted by Gasteiger charge is -2.50. The number of hydrogen-bond acceptors (Lipinski definition) is 2. The number of methoxy groups -OCH3 is 1. The largest absolute Gasteiger partial charge is 0.497 e. The van der Waals surface area contributed by atoms with Crippen molar-refractivity contribution in [1.82, 2.24) is 0 Å². The highest BCUT2D eigenvalue weighted by Crippen LogP contribution is 2.61. The van der Waals surface area contributed by atoms with Gasteiger partial charge in [-0.3, -0.25) is 0 Å². The molecule has 3 heteroatoms. The number of benzene rings is 3. The van der Waals surface area contributed by atoms with E-state index in [4.69, 9.17) is 9.47 Å². The molecule has 2 saturated carbocycles. The van der Waals surface area contributed by atoms with Crippen molar-refractivity contribution < 1.29 is 9.47 Å². The maximum atomic E-state index is 7.09. The van der Waals surface area contributed by atoms with Crippen molar-refractivity contribution in [2.75, 3.05) is 13.7 Å². The summed E-state index contributed by atoms with van der Waals surface area (Å²) in [7, 11) is -0.364. The number of aryl methyl sites for hydroxylation is 1. The van der Waals surface area contributed by atoms with E-state index in [-0.39, 0.29) is 0 Å². The van der Waals surface area contributed by atoms with Crippen LogP contribution in [-0.2, 0) is 11.2 Å². The molecular weight excluding hydrogens is 517 g/mol. The maximum Gasteiger partial charge on any atom is 0.119 e. The van der Waals surface area contributed by atoms with Gasteiger partial charge in [-0.2, -0.15) is 12.1 Å². The van der Waals surface area contributed by atoms with Gasteiger partial charge in [0.05, 0.1) is 21.3 Å². The summed E-state index contributed by atoms with van der Waals surface area (Å²) in [5.74, 6) is 3.28. The molecule has 0 amide bonds. The van der Waals surface area contributed by atoms with Crippen LogP contribution in [-0.4, -0.2) is 27.9 Å². The smallest absolute Gasteiger partial charge is 0.119 e. The van der Waals surface area contributed by atoms with E-state index in [0.29, 0.717) is 17.4 Å². The minimum absolute atomic E-state index is 0.297. The van der Waals surface area contributed by atoms with Crippen molar-refractivity contribution in [2.45, 2.75) is 63.5 Å². The Bertz CT molecular complexity index is 1570. The van der Waals surface area contributed by atoms with Gasteiger partial charge in [-0.15, -0.1) is 22.9 Å². The minimum atomic E-state index is -2.15. The van der Waals surface area contributed by atoms with Gasteiger partial charge in [0, 0.05) is 6.61 Å². The molecule has 1 heterocycles. The fraction of sp³-hybridized carbons (Fsp3) is 0.395. The van der Waals surface area contributed by atoms with Crippen LogP contribution in [0.3, 0.4) is 0 Å². The molecule has 0 aromatic heterocycles. The Balaban J connectivity index is 1.05. The minimum Gasteiger partial charge on any atom is -0.497 e. The molecule has 0 radical (unpaired) electrons. The first-order valence-electron chi connectivity index (χ1n) is 15.8. The van der Waals surface area contributed by atoms with Gasteiger partial charge >= 0.3 is 0 Å². The van der Waals surface area contributed by atoms with E-state index in [2.05, 4.69) is 97.9 Å². The molecular formula is C38H41O2Si-. The predicted molar refractivity (Wildman–Crippen MR) is 171 cm³/mol. The molecule has 3 aliphatic carbocycles. The topological polar surface area (TPSA) is 18.5 Å². The third-order valence-corrected chi connectivity index (χ3v) is 16.8. The SMILES string of the molecule is COc1ccc2c(c1)CC[C@@H]1[C@@H]2CC[C@]2(C)[C@@H](OCC[Si@@]3(c4ccccc4)c4ccccc4-[c-]4cccc43)CC[C@@H]12. The second-order valence-corrected chi connectivity index (χ2v) is 17.3. The summed E-state index contributed by atoms with van der Waals surface area (Å²) in [5, 5.41) is 4.69. The zero-order chi connectivity index (χ0) is 27.6. The van der Waals surface area contributed by atoms with E-state index in [1.54, 1.807) is 23.0 Å². The summed E-state index contributed by atoms with van der Waals surface area (Å²) in [6.45, 7) is 3.43. The third kappa shape index (κ3) is 3.74. The first-order chi connectivity index (χ1) is 20.1. The van der Waals surface area contributed by atoms with Crippen molar-refractivity contribution >= 4 is 23.6 Å². The van der Waals surface area contributed by atoms with Crippen molar-refractivity contribution in [3.8, 4) is 16.9 Å². The lowest BCUT2D eigenvalue weighted by atomic mass is 9.55.